The summed E-state index contributed by atoms with van der Waals surface area (Å²) in [5.41, 5.74) is -8.14. The number of ether oxygens (including phenoxy) is 2. The van der Waals surface area contributed by atoms with Crippen molar-refractivity contribution in [1.82, 2.24) is 0 Å². The van der Waals surface area contributed by atoms with E-state index >= 15 is 0 Å². The summed E-state index contributed by atoms with van der Waals surface area (Å²) in [6.07, 6.45) is -14.2. The first-order valence-electron chi connectivity index (χ1n) is 8.30. The van der Waals surface area contributed by atoms with Crippen LogP contribution in [0.2, 0.25) is 0 Å². The van der Waals surface area contributed by atoms with E-state index in [1.165, 1.54) is 26.8 Å². The molecular formula is C16H15F6I2NO7S. The molecule has 2 N–H and O–H groups in total. The molecule has 0 heterocycles. The smallest absolute Gasteiger partial charge is 0.438 e. The molecule has 1 rings (SSSR count). The third-order valence-electron chi connectivity index (χ3n) is 3.47. The van der Waals surface area contributed by atoms with Crippen LogP contribution in [-0.4, -0.2) is 54.3 Å². The van der Waals surface area contributed by atoms with Crippen LogP contribution in [0.15, 0.2) is 12.1 Å². The van der Waals surface area contributed by atoms with E-state index in [9.17, 15) is 44.3 Å². The van der Waals surface area contributed by atoms with Crippen molar-refractivity contribution < 1.29 is 58.4 Å². The van der Waals surface area contributed by atoms with Gasteiger partial charge in [0.05, 0.1) is 11.3 Å². The zero-order valence-electron chi connectivity index (χ0n) is 16.7. The molecule has 1 amide bonds. The highest BCUT2D eigenvalue weighted by molar-refractivity contribution is 14.1. The van der Waals surface area contributed by atoms with E-state index in [4.69, 9.17) is 9.29 Å². The Balaban J connectivity index is 3.63. The van der Waals surface area contributed by atoms with Gasteiger partial charge in [0.15, 0.2) is 0 Å². The molecule has 0 bridgehead atoms. The topological polar surface area (TPSA) is 119 Å². The predicted molar refractivity (Wildman–Crippen MR) is 118 cm³/mol. The summed E-state index contributed by atoms with van der Waals surface area (Å²) in [6.45, 7) is 4.41. The summed E-state index contributed by atoms with van der Waals surface area (Å²) in [7, 11) is -5.95. The molecule has 188 valence electrons. The Bertz CT molecular complexity index is 1020. The zero-order chi connectivity index (χ0) is 26.2. The molecular weight excluding hydrogens is 718 g/mol. The van der Waals surface area contributed by atoms with Crippen molar-refractivity contribution >= 4 is 73.0 Å². The van der Waals surface area contributed by atoms with Crippen LogP contribution in [0.1, 0.15) is 31.1 Å². The average molecular weight is 733 g/mol. The standard InChI is InChI=1S/C16H15F6I2NO7S/c1-13(2,3)32-12(27)25-10-8(4-7(23)5-9(10)24)11(26)31-14(15(17,18)19,16(20,21)22)6-33(28,29)30/h4-5H,6H2,1-3H3,(H,25,27)(H,28,29,30). The molecule has 0 fully saturated rings. The molecule has 0 aromatic heterocycles. The van der Waals surface area contributed by atoms with Crippen LogP contribution in [0.5, 0.6) is 0 Å². The van der Waals surface area contributed by atoms with E-state index in [0.717, 1.165) is 6.07 Å². The Labute approximate surface area is 210 Å². The molecule has 0 saturated heterocycles. The van der Waals surface area contributed by atoms with Gasteiger partial charge >= 0.3 is 30.0 Å². The van der Waals surface area contributed by atoms with Gasteiger partial charge in [0.2, 0.25) is 0 Å². The number of alkyl halides is 6. The number of hydrogen-bond donors (Lipinski definition) is 2. The summed E-state index contributed by atoms with van der Waals surface area (Å²) >= 11 is 3.14. The van der Waals surface area contributed by atoms with E-state index < -0.39 is 62.7 Å². The van der Waals surface area contributed by atoms with Gasteiger partial charge in [0.1, 0.15) is 11.4 Å². The summed E-state index contributed by atoms with van der Waals surface area (Å²) in [6, 6.07) is 2.13. The molecule has 17 heteroatoms. The minimum Gasteiger partial charge on any atom is -0.444 e. The second-order valence-electron chi connectivity index (χ2n) is 7.38. The molecule has 0 aliphatic rings. The number of amides is 1. The van der Waals surface area contributed by atoms with Gasteiger partial charge in [0, 0.05) is 7.14 Å². The molecule has 0 aliphatic heterocycles. The van der Waals surface area contributed by atoms with Crippen LogP contribution >= 0.6 is 45.2 Å². The summed E-state index contributed by atoms with van der Waals surface area (Å²) in [5, 5.41) is 2.05. The first-order chi connectivity index (χ1) is 14.5. The van der Waals surface area contributed by atoms with Crippen molar-refractivity contribution in [3.05, 3.63) is 24.8 Å². The van der Waals surface area contributed by atoms with Crippen LogP contribution in [0.4, 0.5) is 36.8 Å². The van der Waals surface area contributed by atoms with E-state index in [0.29, 0.717) is 0 Å². The number of benzene rings is 1. The Morgan fingerprint density at radius 2 is 1.48 bits per heavy atom. The molecule has 0 saturated carbocycles. The zero-order valence-corrected chi connectivity index (χ0v) is 21.8. The van der Waals surface area contributed by atoms with Crippen molar-refractivity contribution in [3.8, 4) is 0 Å². The van der Waals surface area contributed by atoms with Gasteiger partial charge in [-0.15, -0.1) is 0 Å². The van der Waals surface area contributed by atoms with Crippen LogP contribution in [0.25, 0.3) is 0 Å². The van der Waals surface area contributed by atoms with E-state index in [-0.39, 0.29) is 7.14 Å². The minimum atomic E-state index is -6.50. The lowest BCUT2D eigenvalue weighted by molar-refractivity contribution is -0.356. The Morgan fingerprint density at radius 3 is 1.88 bits per heavy atom. The van der Waals surface area contributed by atoms with Gasteiger partial charge in [-0.05, 0) is 78.1 Å². The normalized spacial score (nSPS) is 13.5. The highest BCUT2D eigenvalue weighted by Gasteiger charge is 2.76. The molecule has 0 radical (unpaired) electrons. The molecule has 0 spiro atoms. The third-order valence-corrected chi connectivity index (χ3v) is 5.71. The fourth-order valence-corrected chi connectivity index (χ4v) is 5.09. The van der Waals surface area contributed by atoms with Gasteiger partial charge in [-0.3, -0.25) is 9.87 Å². The van der Waals surface area contributed by atoms with Crippen LogP contribution in [0, 0.1) is 7.14 Å². The molecule has 1 aromatic rings. The number of anilines is 1. The summed E-state index contributed by atoms with van der Waals surface area (Å²) < 4.78 is 120. The van der Waals surface area contributed by atoms with Gasteiger partial charge in [0.25, 0.3) is 10.1 Å². The lowest BCUT2D eigenvalue weighted by atomic mass is 10.0. The first-order valence-corrected chi connectivity index (χ1v) is 12.1. The van der Waals surface area contributed by atoms with Gasteiger partial charge in [-0.25, -0.2) is 9.59 Å². The van der Waals surface area contributed by atoms with Gasteiger partial charge in [-0.1, -0.05) is 0 Å². The number of carbonyl (C=O) groups is 2. The molecule has 0 unspecified atom stereocenters. The number of halogens is 8. The van der Waals surface area contributed by atoms with E-state index in [2.05, 4.69) is 10.1 Å². The fraction of sp³-hybridized carbons (Fsp3) is 0.500. The number of hydrogen-bond acceptors (Lipinski definition) is 6. The van der Waals surface area contributed by atoms with Crippen molar-refractivity contribution in [2.75, 3.05) is 11.1 Å². The Hall–Kier alpha value is -1.09. The number of esters is 1. The molecule has 0 atom stereocenters. The Kier molecular flexibility index (Phi) is 8.96. The number of carbonyl (C=O) groups excluding carboxylic acids is 2. The van der Waals surface area contributed by atoms with Crippen molar-refractivity contribution in [1.29, 1.82) is 0 Å². The van der Waals surface area contributed by atoms with Crippen molar-refractivity contribution in [3.63, 3.8) is 0 Å². The van der Waals surface area contributed by atoms with Crippen LogP contribution in [0.3, 0.4) is 0 Å². The summed E-state index contributed by atoms with van der Waals surface area (Å²) in [4.78, 5) is 24.6. The maximum Gasteiger partial charge on any atom is 0.438 e. The number of rotatable bonds is 5. The van der Waals surface area contributed by atoms with Gasteiger partial charge < -0.3 is 9.47 Å². The number of nitrogens with one attached hydrogen (secondary N) is 1. The highest BCUT2D eigenvalue weighted by atomic mass is 127. The molecule has 1 aromatic carbocycles. The van der Waals surface area contributed by atoms with E-state index in [1.54, 1.807) is 45.2 Å². The molecule has 33 heavy (non-hydrogen) atoms. The SMILES string of the molecule is CC(C)(C)OC(=O)Nc1c(I)cc(I)cc1C(=O)OC(CS(=O)(=O)O)(C(F)(F)F)C(F)(F)F. The van der Waals surface area contributed by atoms with Crippen LogP contribution < -0.4 is 5.32 Å². The maximum absolute atomic E-state index is 13.5. The second kappa shape index (κ2) is 9.88. The monoisotopic (exact) mass is 733 g/mol. The highest BCUT2D eigenvalue weighted by Crippen LogP contribution is 2.47. The first kappa shape index (κ1) is 29.9. The van der Waals surface area contributed by atoms with Crippen molar-refractivity contribution in [2.24, 2.45) is 0 Å². The second-order valence-corrected chi connectivity index (χ2v) is 11.2. The lowest BCUT2D eigenvalue weighted by Gasteiger charge is -2.35. The average Bonchev–Trinajstić information content (AvgIpc) is 2.51. The molecule has 8 nitrogen and oxygen atoms in total. The largest absolute Gasteiger partial charge is 0.444 e. The lowest BCUT2D eigenvalue weighted by Crippen LogP contribution is -2.63. The van der Waals surface area contributed by atoms with Crippen molar-refractivity contribution in [2.45, 2.75) is 44.3 Å². The molecule has 0 aliphatic carbocycles. The quantitative estimate of drug-likeness (QED) is 0.186. The maximum atomic E-state index is 13.5. The van der Waals surface area contributed by atoms with Crippen LogP contribution in [-0.2, 0) is 19.6 Å². The third kappa shape index (κ3) is 7.98. The van der Waals surface area contributed by atoms with E-state index in [1.807, 2.05) is 0 Å². The summed E-state index contributed by atoms with van der Waals surface area (Å²) in [5.74, 6) is -5.30. The fourth-order valence-electron chi connectivity index (χ4n) is 2.21. The minimum absolute atomic E-state index is 0.0108. The predicted octanol–water partition coefficient (Wildman–Crippen LogP) is 5.15. The van der Waals surface area contributed by atoms with Gasteiger partial charge in [-0.2, -0.15) is 34.8 Å². The Morgan fingerprint density at radius 1 is 1.00 bits per heavy atom.